The van der Waals surface area contributed by atoms with E-state index in [0.717, 1.165) is 5.56 Å². The molecule has 0 heterocycles. The van der Waals surface area contributed by atoms with E-state index in [1.807, 2.05) is 18.2 Å². The van der Waals surface area contributed by atoms with Gasteiger partial charge in [0, 0.05) is 12.1 Å². The molecule has 0 saturated heterocycles. The maximum absolute atomic E-state index is 12.3. The third kappa shape index (κ3) is 5.76. The Balaban J connectivity index is 1.56. The average molecular weight is 423 g/mol. The van der Waals surface area contributed by atoms with Crippen LogP contribution in [0.5, 0.6) is 5.75 Å². The first-order valence-electron chi connectivity index (χ1n) is 9.05. The molecule has 152 valence electrons. The van der Waals surface area contributed by atoms with Crippen molar-refractivity contribution in [2.75, 3.05) is 7.11 Å². The number of ether oxygens (including phenoxy) is 2. The summed E-state index contributed by atoms with van der Waals surface area (Å²) in [5.74, 6) is -0.505. The third-order valence-corrected chi connectivity index (χ3v) is 4.35. The summed E-state index contributed by atoms with van der Waals surface area (Å²) in [6, 6.07) is 22.3. The zero-order chi connectivity index (χ0) is 21.3. The maximum Gasteiger partial charge on any atom is 0.343 e. The van der Waals surface area contributed by atoms with Crippen LogP contribution in [0.1, 0.15) is 27.6 Å². The highest BCUT2D eigenvalue weighted by atomic mass is 35.5. The molecule has 0 aromatic heterocycles. The van der Waals surface area contributed by atoms with Crippen LogP contribution in [0.4, 0.5) is 0 Å². The lowest BCUT2D eigenvalue weighted by molar-refractivity contribution is -0.131. The number of halogens is 1. The molecule has 0 unspecified atom stereocenters. The van der Waals surface area contributed by atoms with E-state index in [1.54, 1.807) is 54.6 Å². The van der Waals surface area contributed by atoms with Crippen molar-refractivity contribution < 1.29 is 19.1 Å². The Labute approximate surface area is 179 Å². The van der Waals surface area contributed by atoms with Crippen LogP contribution < -0.4 is 10.2 Å². The number of rotatable bonds is 7. The molecule has 0 spiro atoms. The largest absolute Gasteiger partial charge is 0.423 e. The Morgan fingerprint density at radius 1 is 1.00 bits per heavy atom. The van der Waals surface area contributed by atoms with Crippen molar-refractivity contribution in [2.45, 2.75) is 6.10 Å². The quantitative estimate of drug-likeness (QED) is 0.265. The summed E-state index contributed by atoms with van der Waals surface area (Å²) < 4.78 is 10.6. The van der Waals surface area contributed by atoms with E-state index in [2.05, 4.69) is 10.5 Å². The summed E-state index contributed by atoms with van der Waals surface area (Å²) in [6.07, 6.45) is 0.731. The number of carbonyl (C=O) groups is 2. The van der Waals surface area contributed by atoms with Gasteiger partial charge in [0.1, 0.15) is 5.75 Å². The van der Waals surface area contributed by atoms with Gasteiger partial charge in [-0.25, -0.2) is 10.2 Å². The van der Waals surface area contributed by atoms with Crippen molar-refractivity contribution in [1.29, 1.82) is 0 Å². The minimum atomic E-state index is -0.753. The first-order valence-corrected chi connectivity index (χ1v) is 9.43. The highest BCUT2D eigenvalue weighted by Crippen LogP contribution is 2.17. The molecule has 0 radical (unpaired) electrons. The highest BCUT2D eigenvalue weighted by molar-refractivity contribution is 6.30. The number of esters is 1. The van der Waals surface area contributed by atoms with Crippen LogP contribution in [-0.4, -0.2) is 25.2 Å². The number of nitrogens with zero attached hydrogens (tertiary/aromatic N) is 1. The predicted octanol–water partition coefficient (Wildman–Crippen LogP) is 4.40. The topological polar surface area (TPSA) is 77.0 Å². The molecular weight excluding hydrogens is 404 g/mol. The van der Waals surface area contributed by atoms with Crippen LogP contribution >= 0.6 is 11.6 Å². The molecule has 0 aliphatic rings. The fourth-order valence-corrected chi connectivity index (χ4v) is 2.85. The second kappa shape index (κ2) is 10.3. The average Bonchev–Trinajstić information content (AvgIpc) is 2.76. The molecule has 0 aliphatic carbocycles. The van der Waals surface area contributed by atoms with Gasteiger partial charge in [0.05, 0.1) is 11.8 Å². The van der Waals surface area contributed by atoms with Crippen LogP contribution in [0.15, 0.2) is 84.0 Å². The van der Waals surface area contributed by atoms with E-state index >= 15 is 0 Å². The summed E-state index contributed by atoms with van der Waals surface area (Å²) in [5.41, 5.74) is 4.27. The van der Waals surface area contributed by atoms with Gasteiger partial charge in [-0.1, -0.05) is 48.0 Å². The highest BCUT2D eigenvalue weighted by Gasteiger charge is 2.19. The van der Waals surface area contributed by atoms with Gasteiger partial charge in [-0.2, -0.15) is 5.10 Å². The van der Waals surface area contributed by atoms with Crippen molar-refractivity contribution >= 4 is 29.7 Å². The van der Waals surface area contributed by atoms with Gasteiger partial charge in [-0.3, -0.25) is 4.79 Å². The summed E-state index contributed by atoms with van der Waals surface area (Å²) in [5, 5.41) is 4.42. The van der Waals surface area contributed by atoms with Crippen molar-refractivity contribution in [3.63, 3.8) is 0 Å². The van der Waals surface area contributed by atoms with Crippen LogP contribution in [0.2, 0.25) is 5.02 Å². The van der Waals surface area contributed by atoms with Crippen molar-refractivity contribution in [2.24, 2.45) is 5.10 Å². The maximum atomic E-state index is 12.3. The Hall–Kier alpha value is -3.48. The van der Waals surface area contributed by atoms with Crippen LogP contribution in [0.3, 0.4) is 0 Å². The Morgan fingerprint density at radius 2 is 1.73 bits per heavy atom. The standard InChI is InChI=1S/C23H19ClN2O4/c1-29-21(17-6-3-2-4-7-17)22(27)26-25-15-16-10-12-20(13-11-16)30-23(28)18-8-5-9-19(24)14-18/h2-15,21H,1H3,(H,26,27)/b25-15-/t21-/m0/s1. The summed E-state index contributed by atoms with van der Waals surface area (Å²) in [6.45, 7) is 0. The first-order chi connectivity index (χ1) is 14.6. The van der Waals surface area contributed by atoms with Gasteiger partial charge in [0.15, 0.2) is 6.10 Å². The van der Waals surface area contributed by atoms with E-state index in [0.29, 0.717) is 21.9 Å². The van der Waals surface area contributed by atoms with E-state index in [-0.39, 0.29) is 5.91 Å². The Morgan fingerprint density at radius 3 is 2.40 bits per heavy atom. The van der Waals surface area contributed by atoms with Crippen molar-refractivity contribution in [3.8, 4) is 5.75 Å². The third-order valence-electron chi connectivity index (χ3n) is 4.12. The predicted molar refractivity (Wildman–Crippen MR) is 115 cm³/mol. The zero-order valence-corrected chi connectivity index (χ0v) is 16.9. The molecular formula is C23H19ClN2O4. The van der Waals surface area contributed by atoms with Gasteiger partial charge in [0.25, 0.3) is 5.91 Å². The zero-order valence-electron chi connectivity index (χ0n) is 16.1. The molecule has 0 saturated carbocycles. The normalized spacial score (nSPS) is 11.8. The van der Waals surface area contributed by atoms with Gasteiger partial charge >= 0.3 is 5.97 Å². The van der Waals surface area contributed by atoms with Gasteiger partial charge in [-0.05, 0) is 53.6 Å². The molecule has 3 rings (SSSR count). The number of hydrazone groups is 1. The van der Waals surface area contributed by atoms with E-state index in [9.17, 15) is 9.59 Å². The van der Waals surface area contributed by atoms with Gasteiger partial charge < -0.3 is 9.47 Å². The molecule has 1 amide bonds. The molecule has 1 atom stereocenters. The first kappa shape index (κ1) is 21.2. The Kier molecular flexibility index (Phi) is 7.32. The molecule has 6 nitrogen and oxygen atoms in total. The van der Waals surface area contributed by atoms with E-state index in [1.165, 1.54) is 19.4 Å². The van der Waals surface area contributed by atoms with Crippen molar-refractivity contribution in [3.05, 3.63) is 101 Å². The fraction of sp³-hybridized carbons (Fsp3) is 0.0870. The minimum absolute atomic E-state index is 0.363. The SMILES string of the molecule is CO[C@H](C(=O)N/N=C\c1ccc(OC(=O)c2cccc(Cl)c2)cc1)c1ccccc1. The van der Waals surface area contributed by atoms with E-state index in [4.69, 9.17) is 21.1 Å². The molecule has 7 heteroatoms. The van der Waals surface area contributed by atoms with Gasteiger partial charge in [-0.15, -0.1) is 0 Å². The fourth-order valence-electron chi connectivity index (χ4n) is 2.65. The van der Waals surface area contributed by atoms with Crippen molar-refractivity contribution in [1.82, 2.24) is 5.43 Å². The second-order valence-corrected chi connectivity index (χ2v) is 6.67. The molecule has 0 fully saturated rings. The molecule has 3 aromatic rings. The number of benzene rings is 3. The number of carbonyl (C=O) groups excluding carboxylic acids is 2. The number of methoxy groups -OCH3 is 1. The lowest BCUT2D eigenvalue weighted by Crippen LogP contribution is -2.26. The van der Waals surface area contributed by atoms with Crippen LogP contribution in [0, 0.1) is 0 Å². The lowest BCUT2D eigenvalue weighted by atomic mass is 10.1. The molecule has 1 N–H and O–H groups in total. The summed E-state index contributed by atoms with van der Waals surface area (Å²) in [4.78, 5) is 24.4. The lowest BCUT2D eigenvalue weighted by Gasteiger charge is -2.13. The monoisotopic (exact) mass is 422 g/mol. The number of hydrogen-bond acceptors (Lipinski definition) is 5. The number of hydrogen-bond donors (Lipinski definition) is 1. The Bertz CT molecular complexity index is 1040. The molecule has 30 heavy (non-hydrogen) atoms. The van der Waals surface area contributed by atoms with E-state index < -0.39 is 12.1 Å². The molecule has 3 aromatic carbocycles. The number of nitrogens with one attached hydrogen (secondary N) is 1. The minimum Gasteiger partial charge on any atom is -0.423 e. The molecule has 0 bridgehead atoms. The second-order valence-electron chi connectivity index (χ2n) is 6.23. The molecule has 0 aliphatic heterocycles. The number of amides is 1. The van der Waals surface area contributed by atoms with Crippen LogP contribution in [0.25, 0.3) is 0 Å². The summed E-state index contributed by atoms with van der Waals surface area (Å²) in [7, 11) is 1.46. The van der Waals surface area contributed by atoms with Gasteiger partial charge in [0.2, 0.25) is 0 Å². The summed E-state index contributed by atoms with van der Waals surface area (Å²) >= 11 is 5.89. The van der Waals surface area contributed by atoms with Crippen LogP contribution in [-0.2, 0) is 9.53 Å². The smallest absolute Gasteiger partial charge is 0.343 e.